The number of hydrogen-bond donors (Lipinski definition) is 1. The Morgan fingerprint density at radius 2 is 2.00 bits per heavy atom. The van der Waals surface area contributed by atoms with Gasteiger partial charge in [0.2, 0.25) is 0 Å². The van der Waals surface area contributed by atoms with Crippen LogP contribution in [0.4, 0.5) is 0 Å². The molecule has 0 radical (unpaired) electrons. The van der Waals surface area contributed by atoms with Crippen LogP contribution < -0.4 is 5.32 Å². The van der Waals surface area contributed by atoms with E-state index in [0.29, 0.717) is 0 Å². The molecule has 0 aromatic carbocycles. The summed E-state index contributed by atoms with van der Waals surface area (Å²) < 4.78 is 0. The Morgan fingerprint density at radius 1 is 1.12 bits per heavy atom. The van der Waals surface area contributed by atoms with E-state index in [1.807, 2.05) is 0 Å². The van der Waals surface area contributed by atoms with Gasteiger partial charge in [0.25, 0.3) is 0 Å². The Hall–Kier alpha value is -0.0800. The molecule has 2 heterocycles. The topological polar surface area (TPSA) is 15.3 Å². The van der Waals surface area contributed by atoms with Crippen LogP contribution in [0.2, 0.25) is 0 Å². The minimum atomic E-state index is 0.804. The van der Waals surface area contributed by atoms with Gasteiger partial charge in [0.15, 0.2) is 0 Å². The van der Waals surface area contributed by atoms with E-state index < -0.39 is 0 Å². The van der Waals surface area contributed by atoms with Crippen LogP contribution in [0, 0.1) is 5.92 Å². The van der Waals surface area contributed by atoms with Crippen molar-refractivity contribution in [3.63, 3.8) is 0 Å². The monoisotopic (exact) mass is 224 g/mol. The van der Waals surface area contributed by atoms with Crippen molar-refractivity contribution < 1.29 is 0 Å². The van der Waals surface area contributed by atoms with Crippen LogP contribution in [-0.4, -0.2) is 36.6 Å². The highest BCUT2D eigenvalue weighted by atomic mass is 15.2. The molecule has 2 aliphatic heterocycles. The van der Waals surface area contributed by atoms with Crippen LogP contribution in [0.15, 0.2) is 0 Å². The molecule has 0 aromatic heterocycles. The van der Waals surface area contributed by atoms with E-state index >= 15 is 0 Å². The summed E-state index contributed by atoms with van der Waals surface area (Å²) in [7, 11) is 0. The third-order valence-electron chi connectivity index (χ3n) is 4.42. The summed E-state index contributed by atoms with van der Waals surface area (Å²) >= 11 is 0. The SMILES string of the molecule is CC1CCC(C)N(CCC2CCCCN2)C1. The minimum absolute atomic E-state index is 0.804. The zero-order valence-electron chi connectivity index (χ0n) is 11.0. The van der Waals surface area contributed by atoms with Gasteiger partial charge in [-0.1, -0.05) is 13.3 Å². The molecule has 2 saturated heterocycles. The van der Waals surface area contributed by atoms with Gasteiger partial charge in [0, 0.05) is 18.6 Å². The van der Waals surface area contributed by atoms with Crippen molar-refractivity contribution in [3.8, 4) is 0 Å². The minimum Gasteiger partial charge on any atom is -0.314 e. The van der Waals surface area contributed by atoms with Gasteiger partial charge in [-0.3, -0.25) is 0 Å². The Bertz CT molecular complexity index is 199. The van der Waals surface area contributed by atoms with E-state index in [9.17, 15) is 0 Å². The molecule has 16 heavy (non-hydrogen) atoms. The number of hydrogen-bond acceptors (Lipinski definition) is 2. The maximum atomic E-state index is 3.66. The van der Waals surface area contributed by atoms with E-state index in [4.69, 9.17) is 0 Å². The van der Waals surface area contributed by atoms with Crippen molar-refractivity contribution >= 4 is 0 Å². The van der Waals surface area contributed by atoms with E-state index in [-0.39, 0.29) is 0 Å². The summed E-state index contributed by atoms with van der Waals surface area (Å²) in [5.74, 6) is 0.913. The van der Waals surface area contributed by atoms with Gasteiger partial charge < -0.3 is 10.2 Å². The van der Waals surface area contributed by atoms with Gasteiger partial charge in [-0.2, -0.15) is 0 Å². The molecular weight excluding hydrogens is 196 g/mol. The Labute approximate surface area is 101 Å². The molecule has 0 spiro atoms. The Kier molecular flexibility index (Phi) is 4.66. The lowest BCUT2D eigenvalue weighted by Gasteiger charge is -2.38. The molecule has 2 rings (SSSR count). The third-order valence-corrected chi connectivity index (χ3v) is 4.42. The molecule has 0 aliphatic carbocycles. The predicted octanol–water partition coefficient (Wildman–Crippen LogP) is 2.64. The van der Waals surface area contributed by atoms with Crippen LogP contribution >= 0.6 is 0 Å². The summed E-state index contributed by atoms with van der Waals surface area (Å²) in [5.41, 5.74) is 0. The highest BCUT2D eigenvalue weighted by Gasteiger charge is 2.23. The fraction of sp³-hybridized carbons (Fsp3) is 1.00. The highest BCUT2D eigenvalue weighted by molar-refractivity contribution is 4.79. The van der Waals surface area contributed by atoms with Crippen molar-refractivity contribution in [3.05, 3.63) is 0 Å². The molecule has 1 N–H and O–H groups in total. The zero-order valence-corrected chi connectivity index (χ0v) is 11.0. The van der Waals surface area contributed by atoms with Crippen molar-refractivity contribution in [2.75, 3.05) is 19.6 Å². The number of likely N-dealkylation sites (tertiary alicyclic amines) is 1. The smallest absolute Gasteiger partial charge is 0.00792 e. The maximum Gasteiger partial charge on any atom is 0.00792 e. The third kappa shape index (κ3) is 3.46. The van der Waals surface area contributed by atoms with E-state index in [0.717, 1.165) is 18.0 Å². The van der Waals surface area contributed by atoms with Crippen molar-refractivity contribution in [2.24, 2.45) is 5.92 Å². The molecule has 2 nitrogen and oxygen atoms in total. The van der Waals surface area contributed by atoms with Gasteiger partial charge in [-0.05, 0) is 58.0 Å². The molecule has 2 aliphatic rings. The van der Waals surface area contributed by atoms with Gasteiger partial charge in [-0.15, -0.1) is 0 Å². The number of rotatable bonds is 3. The average molecular weight is 224 g/mol. The molecule has 3 unspecified atom stereocenters. The summed E-state index contributed by atoms with van der Waals surface area (Å²) in [6, 6.07) is 1.62. The average Bonchev–Trinajstić information content (AvgIpc) is 2.32. The zero-order chi connectivity index (χ0) is 11.4. The van der Waals surface area contributed by atoms with Crippen LogP contribution in [0.3, 0.4) is 0 Å². The fourth-order valence-corrected chi connectivity index (χ4v) is 3.18. The van der Waals surface area contributed by atoms with E-state index in [2.05, 4.69) is 24.1 Å². The van der Waals surface area contributed by atoms with Crippen molar-refractivity contribution in [1.29, 1.82) is 0 Å². The lowest BCUT2D eigenvalue weighted by atomic mass is 9.94. The molecule has 94 valence electrons. The number of piperidine rings is 2. The van der Waals surface area contributed by atoms with Crippen LogP contribution in [0.1, 0.15) is 52.4 Å². The highest BCUT2D eigenvalue weighted by Crippen LogP contribution is 2.22. The molecule has 0 aromatic rings. The molecule has 2 heteroatoms. The summed E-state index contributed by atoms with van der Waals surface area (Å²) in [5, 5.41) is 3.66. The Balaban J connectivity index is 1.71. The summed E-state index contributed by atoms with van der Waals surface area (Å²) in [6.45, 7) is 8.69. The Morgan fingerprint density at radius 3 is 2.75 bits per heavy atom. The lowest BCUT2D eigenvalue weighted by Crippen LogP contribution is -2.44. The second kappa shape index (κ2) is 6.02. The second-order valence-corrected chi connectivity index (χ2v) is 5.96. The van der Waals surface area contributed by atoms with E-state index in [1.54, 1.807) is 0 Å². The molecule has 2 fully saturated rings. The first kappa shape index (κ1) is 12.4. The first-order valence-electron chi connectivity index (χ1n) is 7.23. The molecule has 0 bridgehead atoms. The van der Waals surface area contributed by atoms with Gasteiger partial charge in [0.05, 0.1) is 0 Å². The first-order valence-corrected chi connectivity index (χ1v) is 7.23. The standard InChI is InChI=1S/C14H28N2/c1-12-6-7-13(2)16(11-12)10-8-14-5-3-4-9-15-14/h12-15H,3-11H2,1-2H3. The lowest BCUT2D eigenvalue weighted by molar-refractivity contribution is 0.117. The van der Waals surface area contributed by atoms with Crippen LogP contribution in [0.25, 0.3) is 0 Å². The molecule has 0 amide bonds. The largest absolute Gasteiger partial charge is 0.314 e. The normalized spacial score (nSPS) is 37.5. The summed E-state index contributed by atoms with van der Waals surface area (Å²) in [4.78, 5) is 2.71. The molecule has 0 saturated carbocycles. The van der Waals surface area contributed by atoms with Crippen LogP contribution in [0.5, 0.6) is 0 Å². The quantitative estimate of drug-likeness (QED) is 0.793. The van der Waals surface area contributed by atoms with Gasteiger partial charge in [0.1, 0.15) is 0 Å². The van der Waals surface area contributed by atoms with Crippen molar-refractivity contribution in [1.82, 2.24) is 10.2 Å². The number of nitrogens with zero attached hydrogens (tertiary/aromatic N) is 1. The predicted molar refractivity (Wildman–Crippen MR) is 69.7 cm³/mol. The van der Waals surface area contributed by atoms with E-state index in [1.165, 1.54) is 58.2 Å². The van der Waals surface area contributed by atoms with Gasteiger partial charge in [-0.25, -0.2) is 0 Å². The molecule has 3 atom stereocenters. The number of nitrogens with one attached hydrogen (secondary N) is 1. The second-order valence-electron chi connectivity index (χ2n) is 5.96. The fourth-order valence-electron chi connectivity index (χ4n) is 3.18. The van der Waals surface area contributed by atoms with Gasteiger partial charge >= 0.3 is 0 Å². The summed E-state index contributed by atoms with van der Waals surface area (Å²) in [6.07, 6.45) is 8.41. The first-order chi connectivity index (χ1) is 7.75. The van der Waals surface area contributed by atoms with Crippen molar-refractivity contribution in [2.45, 2.75) is 64.5 Å². The van der Waals surface area contributed by atoms with Crippen LogP contribution in [-0.2, 0) is 0 Å². The maximum absolute atomic E-state index is 3.66. The molecular formula is C14H28N2.